The fourth-order valence-electron chi connectivity index (χ4n) is 3.87. The van der Waals surface area contributed by atoms with Gasteiger partial charge in [-0.05, 0) is 49.6 Å². The number of aryl methyl sites for hydroxylation is 1. The molecule has 11 heteroatoms. The van der Waals surface area contributed by atoms with Gasteiger partial charge < -0.3 is 10.1 Å². The van der Waals surface area contributed by atoms with E-state index in [1.807, 2.05) is 30.3 Å². The number of carbonyl (C=O) groups is 3. The highest BCUT2D eigenvalue weighted by atomic mass is 32.2. The Hall–Kier alpha value is -3.28. The fraction of sp³-hybridized carbons (Fsp3) is 0.348. The molecule has 2 N–H and O–H groups in total. The molecule has 0 aliphatic carbocycles. The number of nitrogens with zero attached hydrogens (tertiary/aromatic N) is 2. The number of hydrazine groups is 1. The summed E-state index contributed by atoms with van der Waals surface area (Å²) in [6, 6.07) is 14.2. The third kappa shape index (κ3) is 4.81. The third-order valence-corrected chi connectivity index (χ3v) is 7.87. The summed E-state index contributed by atoms with van der Waals surface area (Å²) in [7, 11) is -3.70. The van der Waals surface area contributed by atoms with Crippen LogP contribution in [0.4, 0.5) is 4.79 Å². The standard InChI is InChI=1S/C23H26N4O6S/c1-23(12-11-17-5-3-2-4-6-17)21(29)27(22(30)24-23)25-20(28)18-7-9-19(10-8-18)34(31,32)26-13-15-33-16-14-26/h2-10H,11-16H2,1H3,(H,24,30)(H,25,28)/t23-/m1/s1. The highest BCUT2D eigenvalue weighted by Crippen LogP contribution is 2.23. The minimum atomic E-state index is -3.70. The second-order valence-corrected chi connectivity index (χ2v) is 10.3. The molecule has 2 aromatic rings. The normalized spacial score (nSPS) is 21.4. The summed E-state index contributed by atoms with van der Waals surface area (Å²) in [5.74, 6) is -1.26. The molecule has 34 heavy (non-hydrogen) atoms. The molecule has 0 bridgehead atoms. The molecule has 4 rings (SSSR count). The summed E-state index contributed by atoms with van der Waals surface area (Å²) < 4.78 is 32.0. The van der Waals surface area contributed by atoms with Gasteiger partial charge in [0.05, 0.1) is 18.1 Å². The summed E-state index contributed by atoms with van der Waals surface area (Å²) in [4.78, 5) is 38.1. The second kappa shape index (κ2) is 9.53. The Balaban J connectivity index is 1.41. The Bertz CT molecular complexity index is 1180. The Morgan fingerprint density at radius 3 is 2.35 bits per heavy atom. The van der Waals surface area contributed by atoms with Crippen LogP contribution < -0.4 is 10.7 Å². The Morgan fingerprint density at radius 2 is 1.71 bits per heavy atom. The van der Waals surface area contributed by atoms with Crippen LogP contribution in [0.1, 0.15) is 29.3 Å². The number of carbonyl (C=O) groups excluding carboxylic acids is 3. The van der Waals surface area contributed by atoms with Crippen LogP contribution in [-0.4, -0.2) is 67.4 Å². The van der Waals surface area contributed by atoms with Crippen molar-refractivity contribution in [1.29, 1.82) is 0 Å². The van der Waals surface area contributed by atoms with Gasteiger partial charge >= 0.3 is 6.03 Å². The summed E-state index contributed by atoms with van der Waals surface area (Å²) in [6.45, 7) is 2.80. The second-order valence-electron chi connectivity index (χ2n) is 8.37. The molecule has 2 heterocycles. The topological polar surface area (TPSA) is 125 Å². The molecule has 2 aliphatic heterocycles. The number of nitrogens with one attached hydrogen (secondary N) is 2. The molecule has 0 radical (unpaired) electrons. The molecule has 0 saturated carbocycles. The van der Waals surface area contributed by atoms with E-state index in [1.165, 1.54) is 28.6 Å². The number of ether oxygens (including phenoxy) is 1. The molecule has 10 nitrogen and oxygen atoms in total. The van der Waals surface area contributed by atoms with Gasteiger partial charge in [-0.1, -0.05) is 30.3 Å². The first kappa shape index (κ1) is 23.9. The number of hydrogen-bond acceptors (Lipinski definition) is 6. The van der Waals surface area contributed by atoms with Crippen molar-refractivity contribution >= 4 is 27.9 Å². The quantitative estimate of drug-likeness (QED) is 0.569. The van der Waals surface area contributed by atoms with E-state index in [4.69, 9.17) is 4.74 Å². The first-order chi connectivity index (χ1) is 16.2. The number of sulfonamides is 1. The summed E-state index contributed by atoms with van der Waals surface area (Å²) >= 11 is 0. The molecule has 2 saturated heterocycles. The number of rotatable bonds is 7. The number of urea groups is 1. The molecule has 4 amide bonds. The van der Waals surface area contributed by atoms with Crippen molar-refractivity contribution in [2.75, 3.05) is 26.3 Å². The zero-order valence-electron chi connectivity index (χ0n) is 18.7. The first-order valence-electron chi connectivity index (χ1n) is 10.9. The van der Waals surface area contributed by atoms with Gasteiger partial charge in [-0.15, -0.1) is 0 Å². The molecule has 2 aliphatic rings. The van der Waals surface area contributed by atoms with Crippen LogP contribution >= 0.6 is 0 Å². The molecule has 0 aromatic heterocycles. The highest BCUT2D eigenvalue weighted by Gasteiger charge is 2.48. The third-order valence-electron chi connectivity index (χ3n) is 5.96. The maximum absolute atomic E-state index is 12.9. The molecule has 2 aromatic carbocycles. The molecule has 0 unspecified atom stereocenters. The van der Waals surface area contributed by atoms with E-state index in [9.17, 15) is 22.8 Å². The fourth-order valence-corrected chi connectivity index (χ4v) is 5.28. The van der Waals surface area contributed by atoms with Crippen LogP contribution in [-0.2, 0) is 26.0 Å². The first-order valence-corrected chi connectivity index (χ1v) is 12.3. The van der Waals surface area contributed by atoms with Crippen LogP contribution in [0.5, 0.6) is 0 Å². The van der Waals surface area contributed by atoms with Crippen molar-refractivity contribution in [1.82, 2.24) is 20.1 Å². The van der Waals surface area contributed by atoms with Crippen molar-refractivity contribution in [3.8, 4) is 0 Å². The number of amides is 4. The van der Waals surface area contributed by atoms with Crippen molar-refractivity contribution < 1.29 is 27.5 Å². The maximum atomic E-state index is 12.9. The maximum Gasteiger partial charge on any atom is 0.344 e. The van der Waals surface area contributed by atoms with Crippen molar-refractivity contribution in [3.05, 3.63) is 65.7 Å². The zero-order valence-corrected chi connectivity index (χ0v) is 19.5. The van der Waals surface area contributed by atoms with E-state index in [1.54, 1.807) is 6.92 Å². The number of morpholine rings is 1. The smallest absolute Gasteiger partial charge is 0.344 e. The summed E-state index contributed by atoms with van der Waals surface area (Å²) in [5.41, 5.74) is 2.31. The minimum Gasteiger partial charge on any atom is -0.379 e. The van der Waals surface area contributed by atoms with Gasteiger partial charge in [-0.3, -0.25) is 15.0 Å². The number of benzene rings is 2. The Kier molecular flexibility index (Phi) is 6.69. The van der Waals surface area contributed by atoms with Gasteiger partial charge in [-0.25, -0.2) is 13.2 Å². The van der Waals surface area contributed by atoms with Crippen molar-refractivity contribution in [2.45, 2.75) is 30.2 Å². The predicted molar refractivity (Wildman–Crippen MR) is 122 cm³/mol. The Labute approximate surface area is 197 Å². The lowest BCUT2D eigenvalue weighted by atomic mass is 9.93. The predicted octanol–water partition coefficient (Wildman–Crippen LogP) is 1.30. The lowest BCUT2D eigenvalue weighted by Gasteiger charge is -2.26. The highest BCUT2D eigenvalue weighted by molar-refractivity contribution is 7.89. The molecule has 0 spiro atoms. The van der Waals surface area contributed by atoms with Crippen molar-refractivity contribution in [3.63, 3.8) is 0 Å². The molecular weight excluding hydrogens is 460 g/mol. The average molecular weight is 487 g/mol. The average Bonchev–Trinajstić information content (AvgIpc) is 3.07. The van der Waals surface area contributed by atoms with Gasteiger partial charge in [0.1, 0.15) is 5.54 Å². The van der Waals surface area contributed by atoms with Gasteiger partial charge in [0, 0.05) is 18.7 Å². The van der Waals surface area contributed by atoms with Crippen LogP contribution in [0, 0.1) is 0 Å². The minimum absolute atomic E-state index is 0.0504. The van der Waals surface area contributed by atoms with Gasteiger partial charge in [0.2, 0.25) is 10.0 Å². The molecular formula is C23H26N4O6S. The van der Waals surface area contributed by atoms with Crippen LogP contribution in [0.3, 0.4) is 0 Å². The molecule has 180 valence electrons. The molecule has 2 fully saturated rings. The monoisotopic (exact) mass is 486 g/mol. The van der Waals surface area contributed by atoms with Gasteiger partial charge in [0.25, 0.3) is 11.8 Å². The zero-order chi connectivity index (χ0) is 24.3. The lowest BCUT2D eigenvalue weighted by Crippen LogP contribution is -2.49. The van der Waals surface area contributed by atoms with Crippen LogP contribution in [0.2, 0.25) is 0 Å². The van der Waals surface area contributed by atoms with E-state index in [0.29, 0.717) is 31.1 Å². The number of imide groups is 1. The van der Waals surface area contributed by atoms with Gasteiger partial charge in [-0.2, -0.15) is 9.31 Å². The van der Waals surface area contributed by atoms with Crippen LogP contribution in [0.15, 0.2) is 59.5 Å². The lowest BCUT2D eigenvalue weighted by molar-refractivity contribution is -0.132. The summed E-state index contributed by atoms with van der Waals surface area (Å²) in [5, 5.41) is 3.32. The van der Waals surface area contributed by atoms with E-state index < -0.39 is 33.4 Å². The van der Waals surface area contributed by atoms with E-state index in [0.717, 1.165) is 5.56 Å². The Morgan fingerprint density at radius 1 is 1.06 bits per heavy atom. The number of hydrogen-bond donors (Lipinski definition) is 2. The SMILES string of the molecule is C[C@]1(CCc2ccccc2)NC(=O)N(NC(=O)c2ccc(S(=O)(=O)N3CCOCC3)cc2)C1=O. The van der Waals surface area contributed by atoms with Gasteiger partial charge in [0.15, 0.2) is 0 Å². The van der Waals surface area contributed by atoms with E-state index in [2.05, 4.69) is 10.7 Å². The summed E-state index contributed by atoms with van der Waals surface area (Å²) in [6.07, 6.45) is 0.937. The van der Waals surface area contributed by atoms with Crippen LogP contribution in [0.25, 0.3) is 0 Å². The molecule has 1 atom stereocenters. The van der Waals surface area contributed by atoms with Crippen molar-refractivity contribution in [2.24, 2.45) is 0 Å². The largest absolute Gasteiger partial charge is 0.379 e. The van der Waals surface area contributed by atoms with E-state index in [-0.39, 0.29) is 23.5 Å². The van der Waals surface area contributed by atoms with E-state index >= 15 is 0 Å².